The standard InChI is InChI=1S/C33H32FN3O5S/c1-21-32(43-28-11-7-6-10-26(28)34)30(39)29-31(42-21)25-13-12-24(41-20-23(38)19-36-16-14-35(2)15-17-36)18-27(25)37(33(29)40)22-8-4-3-5-9-22/h3-13,18,23,38-39H,1,14-17,19-20H2,2H3/t23-/m0/s1. The molecule has 8 nitrogen and oxygen atoms in total. The fourth-order valence-electron chi connectivity index (χ4n) is 5.31. The van der Waals surface area contributed by atoms with E-state index < -0.39 is 17.5 Å². The van der Waals surface area contributed by atoms with Gasteiger partial charge in [-0.3, -0.25) is 14.3 Å². The summed E-state index contributed by atoms with van der Waals surface area (Å²) in [6.45, 7) is 8.27. The molecule has 43 heavy (non-hydrogen) atoms. The van der Waals surface area contributed by atoms with E-state index in [1.165, 1.54) is 10.6 Å². The number of hydrogen-bond donors (Lipinski definition) is 2. The Bertz CT molecular complexity index is 1770. The van der Waals surface area contributed by atoms with Crippen LogP contribution in [0.3, 0.4) is 0 Å². The van der Waals surface area contributed by atoms with Crippen molar-refractivity contribution in [3.63, 3.8) is 0 Å². The number of para-hydroxylation sites is 1. The Labute approximate surface area is 252 Å². The number of β-amino-alcohol motifs (C(OH)–C–C–N with tert-alkyl or cyclic N) is 1. The maximum absolute atomic E-state index is 14.5. The minimum absolute atomic E-state index is 0.0427. The van der Waals surface area contributed by atoms with Crippen LogP contribution in [0.15, 0.2) is 99.7 Å². The van der Waals surface area contributed by atoms with E-state index in [4.69, 9.17) is 9.47 Å². The van der Waals surface area contributed by atoms with Crippen molar-refractivity contribution in [2.24, 2.45) is 0 Å². The molecule has 3 heterocycles. The summed E-state index contributed by atoms with van der Waals surface area (Å²) < 4.78 is 28.0. The summed E-state index contributed by atoms with van der Waals surface area (Å²) in [5, 5.41) is 22.6. The van der Waals surface area contributed by atoms with Crippen LogP contribution in [0.2, 0.25) is 0 Å². The van der Waals surface area contributed by atoms with Gasteiger partial charge in [0.15, 0.2) is 5.75 Å². The molecule has 222 valence electrons. The van der Waals surface area contributed by atoms with Crippen LogP contribution in [0.1, 0.15) is 5.56 Å². The van der Waals surface area contributed by atoms with Gasteiger partial charge < -0.3 is 24.6 Å². The SMILES string of the molecule is C=C1Oc2c(c(=O)n(-c3ccccc3)c3cc(OC[C@@H](O)CN4CCN(C)CC4)ccc23)C(O)=C1Sc1ccccc1F. The van der Waals surface area contributed by atoms with E-state index in [2.05, 4.69) is 23.4 Å². The Morgan fingerprint density at radius 2 is 1.77 bits per heavy atom. The smallest absolute Gasteiger partial charge is 0.270 e. The van der Waals surface area contributed by atoms with Crippen molar-refractivity contribution in [2.45, 2.75) is 11.0 Å². The van der Waals surface area contributed by atoms with Crippen molar-refractivity contribution in [2.75, 3.05) is 46.4 Å². The fraction of sp³-hybridized carbons (Fsp3) is 0.242. The lowest BCUT2D eigenvalue weighted by Crippen LogP contribution is -2.47. The third kappa shape index (κ3) is 5.92. The number of benzene rings is 3. The number of pyridine rings is 1. The minimum Gasteiger partial charge on any atom is -0.506 e. The van der Waals surface area contributed by atoms with Gasteiger partial charge >= 0.3 is 0 Å². The van der Waals surface area contributed by atoms with Gasteiger partial charge in [-0.2, -0.15) is 0 Å². The summed E-state index contributed by atoms with van der Waals surface area (Å²) in [4.78, 5) is 19.0. The van der Waals surface area contributed by atoms with Crippen molar-refractivity contribution in [1.29, 1.82) is 0 Å². The zero-order valence-electron chi connectivity index (χ0n) is 23.7. The van der Waals surface area contributed by atoms with Gasteiger partial charge in [0, 0.05) is 54.8 Å². The molecular formula is C33H32FN3O5S. The van der Waals surface area contributed by atoms with Crippen molar-refractivity contribution in [3.8, 4) is 17.2 Å². The molecule has 0 radical (unpaired) electrons. The molecule has 10 heteroatoms. The lowest BCUT2D eigenvalue weighted by atomic mass is 10.0. The lowest BCUT2D eigenvalue weighted by molar-refractivity contribution is 0.0505. The number of ether oxygens (including phenoxy) is 2. The summed E-state index contributed by atoms with van der Waals surface area (Å²) in [5.74, 6) is -0.0617. The Morgan fingerprint density at radius 3 is 2.51 bits per heavy atom. The molecular weight excluding hydrogens is 569 g/mol. The summed E-state index contributed by atoms with van der Waals surface area (Å²) in [6.07, 6.45) is -0.682. The summed E-state index contributed by atoms with van der Waals surface area (Å²) in [5.41, 5.74) is 0.510. The predicted octanol–water partition coefficient (Wildman–Crippen LogP) is 5.04. The number of likely N-dealkylation sites (N-methyl/N-ethyl adjacent to an activating group) is 1. The molecule has 0 bridgehead atoms. The third-order valence-electron chi connectivity index (χ3n) is 7.60. The maximum Gasteiger partial charge on any atom is 0.270 e. The lowest BCUT2D eigenvalue weighted by Gasteiger charge is -2.33. The van der Waals surface area contributed by atoms with Crippen LogP contribution in [0.5, 0.6) is 11.5 Å². The second kappa shape index (κ2) is 12.3. The van der Waals surface area contributed by atoms with E-state index >= 15 is 0 Å². The highest BCUT2D eigenvalue weighted by Crippen LogP contribution is 2.45. The van der Waals surface area contributed by atoms with E-state index in [9.17, 15) is 19.4 Å². The van der Waals surface area contributed by atoms with E-state index in [-0.39, 0.29) is 39.2 Å². The third-order valence-corrected chi connectivity index (χ3v) is 8.78. The van der Waals surface area contributed by atoms with Crippen molar-refractivity contribution < 1.29 is 24.1 Å². The fourth-order valence-corrected chi connectivity index (χ4v) is 6.20. The average Bonchev–Trinajstić information content (AvgIpc) is 3.00. The van der Waals surface area contributed by atoms with Gasteiger partial charge in [0.25, 0.3) is 5.56 Å². The molecule has 1 fully saturated rings. The molecule has 6 rings (SSSR count). The predicted molar refractivity (Wildman–Crippen MR) is 167 cm³/mol. The van der Waals surface area contributed by atoms with E-state index in [0.29, 0.717) is 28.9 Å². The van der Waals surface area contributed by atoms with E-state index in [1.54, 1.807) is 48.5 Å². The van der Waals surface area contributed by atoms with Gasteiger partial charge in [-0.1, -0.05) is 48.7 Å². The second-order valence-corrected chi connectivity index (χ2v) is 11.7. The number of rotatable bonds is 8. The van der Waals surface area contributed by atoms with Gasteiger partial charge in [-0.15, -0.1) is 0 Å². The van der Waals surface area contributed by atoms with Crippen molar-refractivity contribution >= 4 is 28.4 Å². The number of aromatic nitrogens is 1. The first-order chi connectivity index (χ1) is 20.8. The number of aliphatic hydroxyl groups is 2. The van der Waals surface area contributed by atoms with Crippen LogP contribution in [0.25, 0.3) is 22.3 Å². The molecule has 2 aliphatic heterocycles. The normalized spacial score (nSPS) is 16.7. The number of hydrogen-bond acceptors (Lipinski definition) is 8. The van der Waals surface area contributed by atoms with E-state index in [0.717, 1.165) is 37.9 Å². The van der Waals surface area contributed by atoms with Gasteiger partial charge in [0.2, 0.25) is 0 Å². The summed E-state index contributed by atoms with van der Waals surface area (Å²) in [6, 6.07) is 20.4. The Balaban J connectivity index is 1.38. The molecule has 2 N–H and O–H groups in total. The first-order valence-corrected chi connectivity index (χ1v) is 14.8. The number of aliphatic hydroxyl groups excluding tert-OH is 2. The van der Waals surface area contributed by atoms with Crippen LogP contribution in [-0.4, -0.2) is 77.1 Å². The molecule has 0 amide bonds. The van der Waals surface area contributed by atoms with Gasteiger partial charge in [0.05, 0.1) is 10.4 Å². The number of piperazine rings is 1. The number of thioether (sulfide) groups is 1. The highest BCUT2D eigenvalue weighted by Gasteiger charge is 2.31. The monoisotopic (exact) mass is 601 g/mol. The van der Waals surface area contributed by atoms with Crippen LogP contribution in [0, 0.1) is 5.82 Å². The van der Waals surface area contributed by atoms with Crippen LogP contribution in [-0.2, 0) is 0 Å². The largest absolute Gasteiger partial charge is 0.506 e. The summed E-state index contributed by atoms with van der Waals surface area (Å²) >= 11 is 0.943. The number of halogens is 1. The zero-order chi connectivity index (χ0) is 30.1. The highest BCUT2D eigenvalue weighted by molar-refractivity contribution is 8.03. The Hall–Kier alpha value is -4.09. The molecule has 1 saturated heterocycles. The van der Waals surface area contributed by atoms with Crippen LogP contribution in [0.4, 0.5) is 4.39 Å². The molecule has 0 spiro atoms. The van der Waals surface area contributed by atoms with Gasteiger partial charge in [-0.05, 0) is 43.4 Å². The Morgan fingerprint density at radius 1 is 1.05 bits per heavy atom. The highest BCUT2D eigenvalue weighted by atomic mass is 32.2. The molecule has 1 atom stereocenters. The quantitative estimate of drug-likeness (QED) is 0.291. The molecule has 1 aromatic heterocycles. The van der Waals surface area contributed by atoms with E-state index in [1.807, 2.05) is 18.2 Å². The molecule has 0 saturated carbocycles. The molecule has 0 unspecified atom stereocenters. The average molecular weight is 602 g/mol. The topological polar surface area (TPSA) is 87.4 Å². The first kappa shape index (κ1) is 29.0. The summed E-state index contributed by atoms with van der Waals surface area (Å²) in [7, 11) is 2.09. The molecule has 4 aromatic rings. The second-order valence-electron chi connectivity index (χ2n) is 10.7. The molecule has 0 aliphatic carbocycles. The number of fused-ring (bicyclic) bond motifs is 3. The van der Waals surface area contributed by atoms with Crippen LogP contribution < -0.4 is 15.0 Å². The van der Waals surface area contributed by atoms with Crippen LogP contribution >= 0.6 is 11.8 Å². The van der Waals surface area contributed by atoms with Gasteiger partial charge in [0.1, 0.15) is 41.4 Å². The molecule has 3 aromatic carbocycles. The zero-order valence-corrected chi connectivity index (χ0v) is 24.5. The number of nitrogens with zero attached hydrogens (tertiary/aromatic N) is 3. The van der Waals surface area contributed by atoms with Gasteiger partial charge in [-0.25, -0.2) is 4.39 Å². The Kier molecular flexibility index (Phi) is 8.27. The molecule has 2 aliphatic rings. The van der Waals surface area contributed by atoms with Crippen molar-refractivity contribution in [3.05, 3.63) is 112 Å². The van der Waals surface area contributed by atoms with Crippen molar-refractivity contribution in [1.82, 2.24) is 14.4 Å². The maximum atomic E-state index is 14.5. The minimum atomic E-state index is -0.682. The first-order valence-electron chi connectivity index (χ1n) is 14.0.